The first-order valence-corrected chi connectivity index (χ1v) is 8.61. The van der Waals surface area contributed by atoms with Crippen molar-refractivity contribution in [2.45, 2.75) is 20.3 Å². The summed E-state index contributed by atoms with van der Waals surface area (Å²) in [5, 5.41) is 15.1. The topological polar surface area (TPSA) is 90.7 Å². The Hall–Kier alpha value is -3.72. The third-order valence-electron chi connectivity index (χ3n) is 4.00. The lowest BCUT2D eigenvalue weighted by Gasteiger charge is -2.10. The number of aromatic nitrogens is 2. The Bertz CT molecular complexity index is 1010. The van der Waals surface area contributed by atoms with Gasteiger partial charge in [-0.15, -0.1) is 0 Å². The zero-order valence-electron chi connectivity index (χ0n) is 15.2. The lowest BCUT2D eigenvalue weighted by molar-refractivity contribution is 0.102. The van der Waals surface area contributed by atoms with E-state index in [-0.39, 0.29) is 17.5 Å². The number of amides is 1. The van der Waals surface area contributed by atoms with Crippen LogP contribution in [0.15, 0.2) is 54.6 Å². The molecule has 3 rings (SSSR count). The number of hydrogen-bond donors (Lipinski definition) is 2. The molecule has 0 atom stereocenters. The molecule has 0 fully saturated rings. The van der Waals surface area contributed by atoms with E-state index >= 15 is 0 Å². The monoisotopic (exact) mass is 357 g/mol. The lowest BCUT2D eigenvalue weighted by atomic mass is 10.1. The fraction of sp³-hybridized carbons (Fsp3) is 0.143. The molecule has 134 valence electrons. The van der Waals surface area contributed by atoms with Crippen LogP contribution in [0, 0.1) is 18.3 Å². The number of benzene rings is 2. The minimum Gasteiger partial charge on any atom is -0.323 e. The van der Waals surface area contributed by atoms with Gasteiger partial charge in [0.1, 0.15) is 11.8 Å². The highest BCUT2D eigenvalue weighted by Gasteiger charge is 2.12. The Morgan fingerprint density at radius 2 is 1.85 bits per heavy atom. The van der Waals surface area contributed by atoms with E-state index in [2.05, 4.69) is 33.6 Å². The maximum absolute atomic E-state index is 12.6. The molecule has 0 radical (unpaired) electrons. The summed E-state index contributed by atoms with van der Waals surface area (Å²) in [4.78, 5) is 21.2. The van der Waals surface area contributed by atoms with Crippen LogP contribution in [-0.2, 0) is 6.42 Å². The second-order valence-electron chi connectivity index (χ2n) is 6.01. The molecule has 0 saturated carbocycles. The van der Waals surface area contributed by atoms with Crippen LogP contribution in [0.4, 0.5) is 17.3 Å². The molecule has 1 amide bonds. The highest BCUT2D eigenvalue weighted by atomic mass is 16.1. The maximum atomic E-state index is 12.6. The van der Waals surface area contributed by atoms with E-state index in [1.165, 1.54) is 5.56 Å². The molecule has 6 nitrogen and oxygen atoms in total. The molecule has 0 aliphatic rings. The number of anilines is 3. The van der Waals surface area contributed by atoms with Gasteiger partial charge in [-0.1, -0.05) is 31.2 Å². The molecule has 2 N–H and O–H groups in total. The van der Waals surface area contributed by atoms with Crippen LogP contribution in [0.5, 0.6) is 0 Å². The van der Waals surface area contributed by atoms with Crippen molar-refractivity contribution >= 4 is 23.2 Å². The lowest BCUT2D eigenvalue weighted by Crippen LogP contribution is -2.15. The van der Waals surface area contributed by atoms with E-state index in [1.807, 2.05) is 30.3 Å². The molecule has 2 aromatic carbocycles. The predicted octanol–water partition coefficient (Wildman–Crippen LogP) is 4.22. The van der Waals surface area contributed by atoms with Crippen molar-refractivity contribution in [2.75, 3.05) is 10.6 Å². The molecule has 0 spiro atoms. The standard InChI is InChI=1S/C21H19N5O/c1-3-15-8-10-17(11-9-15)24-20(27)19-12-14(2)23-21(26-19)25-18-7-5-4-6-16(18)13-22/h4-12H,3H2,1-2H3,(H,24,27)(H,23,25,26). The molecule has 1 aromatic heterocycles. The van der Waals surface area contributed by atoms with Crippen molar-refractivity contribution in [3.63, 3.8) is 0 Å². The van der Waals surface area contributed by atoms with E-state index in [9.17, 15) is 10.1 Å². The molecule has 0 bridgehead atoms. The van der Waals surface area contributed by atoms with Crippen molar-refractivity contribution in [3.8, 4) is 6.07 Å². The summed E-state index contributed by atoms with van der Waals surface area (Å²) in [5.41, 5.74) is 3.87. The van der Waals surface area contributed by atoms with Gasteiger partial charge < -0.3 is 10.6 Å². The summed E-state index contributed by atoms with van der Waals surface area (Å²) in [6, 6.07) is 18.5. The second kappa shape index (κ2) is 8.11. The van der Waals surface area contributed by atoms with E-state index < -0.39 is 0 Å². The van der Waals surface area contributed by atoms with E-state index in [0.29, 0.717) is 22.6 Å². The number of para-hydroxylation sites is 1. The zero-order valence-corrected chi connectivity index (χ0v) is 15.2. The Balaban J connectivity index is 1.81. The quantitative estimate of drug-likeness (QED) is 0.713. The molecule has 3 aromatic rings. The van der Waals surface area contributed by atoms with Crippen LogP contribution in [-0.4, -0.2) is 15.9 Å². The van der Waals surface area contributed by atoms with Gasteiger partial charge in [0, 0.05) is 11.4 Å². The number of rotatable bonds is 5. The maximum Gasteiger partial charge on any atom is 0.274 e. The summed E-state index contributed by atoms with van der Waals surface area (Å²) in [5.74, 6) is -0.0504. The highest BCUT2D eigenvalue weighted by Crippen LogP contribution is 2.19. The Labute approximate surface area is 157 Å². The van der Waals surface area contributed by atoms with Crippen LogP contribution in [0.25, 0.3) is 0 Å². The minimum atomic E-state index is -0.318. The van der Waals surface area contributed by atoms with Gasteiger partial charge in [0.25, 0.3) is 5.91 Å². The molecular weight excluding hydrogens is 338 g/mol. The average molecular weight is 357 g/mol. The Morgan fingerprint density at radius 1 is 1.11 bits per heavy atom. The molecule has 0 unspecified atom stereocenters. The summed E-state index contributed by atoms with van der Waals surface area (Å²) < 4.78 is 0. The second-order valence-corrected chi connectivity index (χ2v) is 6.01. The van der Waals surface area contributed by atoms with Gasteiger partial charge in [-0.3, -0.25) is 4.79 Å². The molecule has 1 heterocycles. The van der Waals surface area contributed by atoms with Gasteiger partial charge in [0.15, 0.2) is 0 Å². The summed E-state index contributed by atoms with van der Waals surface area (Å²) in [7, 11) is 0. The molecule has 27 heavy (non-hydrogen) atoms. The van der Waals surface area contributed by atoms with Crippen molar-refractivity contribution in [1.29, 1.82) is 5.26 Å². The number of hydrogen-bond acceptors (Lipinski definition) is 5. The summed E-state index contributed by atoms with van der Waals surface area (Å²) >= 11 is 0. The van der Waals surface area contributed by atoms with Gasteiger partial charge in [-0.25, -0.2) is 9.97 Å². The molecular formula is C21H19N5O. The molecule has 0 aliphatic heterocycles. The normalized spacial score (nSPS) is 10.1. The number of carbonyl (C=O) groups is 1. The van der Waals surface area contributed by atoms with Gasteiger partial charge in [-0.05, 0) is 49.2 Å². The number of carbonyl (C=O) groups excluding carboxylic acids is 1. The van der Waals surface area contributed by atoms with Crippen LogP contribution in [0.3, 0.4) is 0 Å². The zero-order chi connectivity index (χ0) is 19.2. The number of nitrogens with zero attached hydrogens (tertiary/aromatic N) is 3. The van der Waals surface area contributed by atoms with Gasteiger partial charge >= 0.3 is 0 Å². The minimum absolute atomic E-state index is 0.249. The molecule has 0 aliphatic carbocycles. The summed E-state index contributed by atoms with van der Waals surface area (Å²) in [6.07, 6.45) is 0.943. The first-order valence-electron chi connectivity index (χ1n) is 8.61. The average Bonchev–Trinajstić information content (AvgIpc) is 2.68. The van der Waals surface area contributed by atoms with Crippen LogP contribution < -0.4 is 10.6 Å². The van der Waals surface area contributed by atoms with Crippen LogP contribution >= 0.6 is 0 Å². The first-order chi connectivity index (χ1) is 13.1. The van der Waals surface area contributed by atoms with Crippen molar-refractivity contribution in [2.24, 2.45) is 0 Å². The first kappa shape index (κ1) is 18.1. The fourth-order valence-electron chi connectivity index (χ4n) is 2.57. The third-order valence-corrected chi connectivity index (χ3v) is 4.00. The van der Waals surface area contributed by atoms with Crippen molar-refractivity contribution in [1.82, 2.24) is 9.97 Å². The van der Waals surface area contributed by atoms with Crippen LogP contribution in [0.2, 0.25) is 0 Å². The number of nitrogens with one attached hydrogen (secondary N) is 2. The third kappa shape index (κ3) is 4.47. The van der Waals surface area contributed by atoms with E-state index in [0.717, 1.165) is 6.42 Å². The van der Waals surface area contributed by atoms with E-state index in [4.69, 9.17) is 0 Å². The van der Waals surface area contributed by atoms with Gasteiger partial charge in [0.05, 0.1) is 11.3 Å². The van der Waals surface area contributed by atoms with Crippen molar-refractivity contribution in [3.05, 3.63) is 77.1 Å². The smallest absolute Gasteiger partial charge is 0.274 e. The number of aryl methyl sites for hydroxylation is 2. The van der Waals surface area contributed by atoms with Crippen molar-refractivity contribution < 1.29 is 4.79 Å². The Kier molecular flexibility index (Phi) is 5.43. The van der Waals surface area contributed by atoms with Gasteiger partial charge in [0.2, 0.25) is 5.95 Å². The SMILES string of the molecule is CCc1ccc(NC(=O)c2cc(C)nc(Nc3ccccc3C#N)n2)cc1. The van der Waals surface area contributed by atoms with E-state index in [1.54, 1.807) is 31.2 Å². The highest BCUT2D eigenvalue weighted by molar-refractivity contribution is 6.03. The van der Waals surface area contributed by atoms with Crippen LogP contribution in [0.1, 0.15) is 34.2 Å². The molecule has 6 heteroatoms. The van der Waals surface area contributed by atoms with Gasteiger partial charge in [-0.2, -0.15) is 5.26 Å². The number of nitriles is 1. The summed E-state index contributed by atoms with van der Waals surface area (Å²) in [6.45, 7) is 3.87. The largest absolute Gasteiger partial charge is 0.323 e. The fourth-order valence-corrected chi connectivity index (χ4v) is 2.57. The predicted molar refractivity (Wildman–Crippen MR) is 105 cm³/mol. The Morgan fingerprint density at radius 3 is 2.56 bits per heavy atom. The molecule has 0 saturated heterocycles.